The maximum atomic E-state index is 8.54. The summed E-state index contributed by atoms with van der Waals surface area (Å²) in [6.45, 7) is 4.07. The van der Waals surface area contributed by atoms with E-state index in [-0.39, 0.29) is 0 Å². The predicted molar refractivity (Wildman–Crippen MR) is 66.8 cm³/mol. The number of nitrogens with zero attached hydrogens (tertiary/aromatic N) is 3. The molecule has 16 heavy (non-hydrogen) atoms. The van der Waals surface area contributed by atoms with E-state index in [1.807, 2.05) is 24.4 Å². The number of aliphatic imine (C=N–C) groups is 1. The fourth-order valence-corrected chi connectivity index (χ4v) is 1.68. The Kier molecular flexibility index (Phi) is 5.74. The van der Waals surface area contributed by atoms with Crippen molar-refractivity contribution in [1.29, 1.82) is 5.26 Å². The van der Waals surface area contributed by atoms with Crippen LogP contribution < -0.4 is 5.32 Å². The summed E-state index contributed by atoms with van der Waals surface area (Å²) in [5, 5.41) is 11.7. The topological polar surface area (TPSA) is 61.1 Å². The van der Waals surface area contributed by atoms with Gasteiger partial charge in [-0.3, -0.25) is 15.3 Å². The molecule has 0 aliphatic heterocycles. The predicted octanol–water partition coefficient (Wildman–Crippen LogP) is 1.93. The first-order valence-corrected chi connectivity index (χ1v) is 5.68. The van der Waals surface area contributed by atoms with Crippen LogP contribution in [0.1, 0.15) is 5.69 Å². The monoisotopic (exact) mass is 232 g/mol. The van der Waals surface area contributed by atoms with E-state index in [2.05, 4.69) is 21.9 Å². The van der Waals surface area contributed by atoms with Crippen LogP contribution in [0.25, 0.3) is 0 Å². The Morgan fingerprint density at radius 3 is 3.19 bits per heavy atom. The molecule has 0 aromatic carbocycles. The first kappa shape index (κ1) is 12.3. The second kappa shape index (κ2) is 7.49. The van der Waals surface area contributed by atoms with Gasteiger partial charge in [0, 0.05) is 11.9 Å². The molecule has 0 saturated carbocycles. The van der Waals surface area contributed by atoms with Crippen LogP contribution >= 0.6 is 11.8 Å². The van der Waals surface area contributed by atoms with Gasteiger partial charge in [-0.05, 0) is 12.1 Å². The summed E-state index contributed by atoms with van der Waals surface area (Å²) in [6, 6.07) is 5.74. The Morgan fingerprint density at radius 1 is 1.69 bits per heavy atom. The second-order valence-electron chi connectivity index (χ2n) is 2.78. The highest BCUT2D eigenvalue weighted by atomic mass is 32.2. The van der Waals surface area contributed by atoms with Crippen molar-refractivity contribution >= 4 is 16.9 Å². The van der Waals surface area contributed by atoms with E-state index < -0.39 is 0 Å². The lowest BCUT2D eigenvalue weighted by Gasteiger charge is -2.02. The van der Waals surface area contributed by atoms with E-state index in [9.17, 15) is 0 Å². The highest BCUT2D eigenvalue weighted by Gasteiger charge is 2.00. The second-order valence-corrected chi connectivity index (χ2v) is 3.75. The maximum absolute atomic E-state index is 8.54. The van der Waals surface area contributed by atoms with Gasteiger partial charge in [0.15, 0.2) is 11.4 Å². The number of hydrogen-bond donors (Lipinski definition) is 1. The van der Waals surface area contributed by atoms with Crippen molar-refractivity contribution in [3.8, 4) is 6.19 Å². The number of nitriles is 1. The van der Waals surface area contributed by atoms with E-state index >= 15 is 0 Å². The molecule has 1 N–H and O–H groups in total. The van der Waals surface area contributed by atoms with Crippen molar-refractivity contribution in [1.82, 2.24) is 10.3 Å². The van der Waals surface area contributed by atoms with Crippen molar-refractivity contribution < 1.29 is 0 Å². The Labute approximate surface area is 99.1 Å². The molecule has 0 unspecified atom stereocenters. The van der Waals surface area contributed by atoms with Gasteiger partial charge in [-0.1, -0.05) is 23.9 Å². The van der Waals surface area contributed by atoms with Gasteiger partial charge in [-0.25, -0.2) is 0 Å². The number of aromatic nitrogens is 1. The van der Waals surface area contributed by atoms with E-state index in [0.717, 1.165) is 5.69 Å². The molecule has 1 heterocycles. The molecule has 0 atom stereocenters. The van der Waals surface area contributed by atoms with Crippen molar-refractivity contribution in [2.75, 3.05) is 6.54 Å². The molecule has 0 aliphatic rings. The van der Waals surface area contributed by atoms with Crippen LogP contribution in [-0.2, 0) is 5.75 Å². The van der Waals surface area contributed by atoms with E-state index in [0.29, 0.717) is 17.5 Å². The lowest BCUT2D eigenvalue weighted by Crippen LogP contribution is -2.14. The minimum absolute atomic E-state index is 0.499. The Hall–Kier alpha value is -1.80. The molecule has 4 nitrogen and oxygen atoms in total. The lowest BCUT2D eigenvalue weighted by atomic mass is 10.4. The molecule has 0 spiro atoms. The molecular weight excluding hydrogens is 220 g/mol. The number of pyridine rings is 1. The summed E-state index contributed by atoms with van der Waals surface area (Å²) in [5.41, 5.74) is 0.957. The maximum Gasteiger partial charge on any atom is 0.183 e. The van der Waals surface area contributed by atoms with E-state index in [1.54, 1.807) is 12.3 Å². The molecule has 0 aliphatic carbocycles. The van der Waals surface area contributed by atoms with Crippen LogP contribution in [-0.4, -0.2) is 16.7 Å². The molecule has 0 bridgehead atoms. The zero-order valence-corrected chi connectivity index (χ0v) is 9.57. The molecule has 0 saturated heterocycles. The zero-order chi connectivity index (χ0) is 11.6. The first-order chi connectivity index (χ1) is 7.86. The number of nitrogens with one attached hydrogen (secondary N) is 1. The lowest BCUT2D eigenvalue weighted by molar-refractivity contribution is 1.17. The zero-order valence-electron chi connectivity index (χ0n) is 8.76. The van der Waals surface area contributed by atoms with Crippen molar-refractivity contribution in [3.63, 3.8) is 0 Å². The summed E-state index contributed by atoms with van der Waals surface area (Å²) in [6.07, 6.45) is 5.28. The number of hydrogen-bond acceptors (Lipinski definition) is 4. The molecule has 1 aromatic rings. The molecule has 5 heteroatoms. The fraction of sp³-hybridized carbons (Fsp3) is 0.182. The van der Waals surface area contributed by atoms with Crippen LogP contribution in [0.2, 0.25) is 0 Å². The third-order valence-electron chi connectivity index (χ3n) is 1.61. The highest BCUT2D eigenvalue weighted by Crippen LogP contribution is 2.10. The van der Waals surface area contributed by atoms with Crippen molar-refractivity contribution in [2.45, 2.75) is 5.75 Å². The first-order valence-electron chi connectivity index (χ1n) is 4.70. The van der Waals surface area contributed by atoms with Gasteiger partial charge >= 0.3 is 0 Å². The third kappa shape index (κ3) is 4.62. The average Bonchev–Trinajstić information content (AvgIpc) is 2.34. The van der Waals surface area contributed by atoms with Crippen LogP contribution in [0.3, 0.4) is 0 Å². The van der Waals surface area contributed by atoms with Crippen LogP contribution in [0.5, 0.6) is 0 Å². The van der Waals surface area contributed by atoms with Gasteiger partial charge in [-0.15, -0.1) is 6.58 Å². The number of rotatable bonds is 4. The minimum Gasteiger partial charge on any atom is -0.272 e. The van der Waals surface area contributed by atoms with E-state index in [1.165, 1.54) is 11.8 Å². The largest absolute Gasteiger partial charge is 0.272 e. The molecule has 0 fully saturated rings. The van der Waals surface area contributed by atoms with E-state index in [4.69, 9.17) is 5.26 Å². The number of thioether (sulfide) groups is 1. The molecule has 0 amide bonds. The van der Waals surface area contributed by atoms with Gasteiger partial charge in [0.2, 0.25) is 0 Å². The summed E-state index contributed by atoms with van der Waals surface area (Å²) in [5.74, 6) is 0.686. The van der Waals surface area contributed by atoms with Crippen LogP contribution in [0.15, 0.2) is 42.0 Å². The minimum atomic E-state index is 0.499. The van der Waals surface area contributed by atoms with Crippen LogP contribution in [0, 0.1) is 11.5 Å². The van der Waals surface area contributed by atoms with Crippen LogP contribution in [0.4, 0.5) is 0 Å². The molecule has 0 radical (unpaired) electrons. The molecule has 82 valence electrons. The van der Waals surface area contributed by atoms with Crippen molar-refractivity contribution in [3.05, 3.63) is 42.7 Å². The Bertz CT molecular complexity index is 394. The quantitative estimate of drug-likeness (QED) is 0.283. The summed E-state index contributed by atoms with van der Waals surface area (Å²) in [4.78, 5) is 8.33. The smallest absolute Gasteiger partial charge is 0.183 e. The Balaban J connectivity index is 2.50. The Morgan fingerprint density at radius 2 is 2.56 bits per heavy atom. The summed E-state index contributed by atoms with van der Waals surface area (Å²) < 4.78 is 0. The van der Waals surface area contributed by atoms with Gasteiger partial charge in [0.05, 0.1) is 12.2 Å². The third-order valence-corrected chi connectivity index (χ3v) is 2.55. The highest BCUT2D eigenvalue weighted by molar-refractivity contribution is 8.13. The average molecular weight is 232 g/mol. The number of amidine groups is 1. The molecule has 1 rings (SSSR count). The fourth-order valence-electron chi connectivity index (χ4n) is 0.942. The van der Waals surface area contributed by atoms with Gasteiger partial charge in [-0.2, -0.15) is 5.26 Å². The normalized spacial score (nSPS) is 10.6. The van der Waals surface area contributed by atoms with Gasteiger partial charge in [0.1, 0.15) is 0 Å². The standard InChI is InChI=1S/C11H12N4S/c1-2-6-14-11(15-9-12)16-8-10-5-3-4-7-13-10/h2-5,7H,1,6,8H2,(H,14,15). The van der Waals surface area contributed by atoms with Gasteiger partial charge < -0.3 is 0 Å². The van der Waals surface area contributed by atoms with Crippen molar-refractivity contribution in [2.24, 2.45) is 4.99 Å². The summed E-state index contributed by atoms with van der Waals surface area (Å²) >= 11 is 1.45. The summed E-state index contributed by atoms with van der Waals surface area (Å²) in [7, 11) is 0. The molecular formula is C11H12N4S. The SMILES string of the molecule is C=CCN=C(NC#N)SCc1ccccn1. The molecule has 1 aromatic heterocycles. The van der Waals surface area contributed by atoms with Gasteiger partial charge in [0.25, 0.3) is 0 Å².